The number of nitrogen functional groups attached to an aromatic ring is 1. The molecule has 0 unspecified atom stereocenters. The van der Waals surface area contributed by atoms with E-state index in [1.54, 1.807) is 12.1 Å². The monoisotopic (exact) mass is 466 g/mol. The van der Waals surface area contributed by atoms with Gasteiger partial charge in [0.05, 0.1) is 10.6 Å². The van der Waals surface area contributed by atoms with E-state index in [1.165, 1.54) is 33.8 Å². The number of hydrogen-bond acceptors (Lipinski definition) is 7. The number of nitrogens with zero attached hydrogens (tertiary/aromatic N) is 5. The van der Waals surface area contributed by atoms with Gasteiger partial charge in [0, 0.05) is 43.3 Å². The molecule has 11 heteroatoms. The number of piperazine rings is 1. The quantitative estimate of drug-likeness (QED) is 0.444. The maximum Gasteiger partial charge on any atom is 0.233 e. The van der Waals surface area contributed by atoms with E-state index in [9.17, 15) is 9.18 Å². The normalized spacial score (nSPS) is 14.9. The summed E-state index contributed by atoms with van der Waals surface area (Å²) in [7, 11) is 0. The summed E-state index contributed by atoms with van der Waals surface area (Å²) in [5.74, 6) is 6.62. The van der Waals surface area contributed by atoms with Crippen molar-refractivity contribution in [1.82, 2.24) is 24.7 Å². The Bertz CT molecular complexity index is 1000. The molecule has 2 N–H and O–H groups in total. The molecule has 0 spiro atoms. The van der Waals surface area contributed by atoms with E-state index in [1.807, 2.05) is 22.4 Å². The highest BCUT2D eigenvalue weighted by Gasteiger charge is 2.23. The molecule has 3 aromatic rings. The van der Waals surface area contributed by atoms with Crippen LogP contribution in [0.4, 0.5) is 4.39 Å². The van der Waals surface area contributed by atoms with Gasteiger partial charge in [0.15, 0.2) is 5.82 Å². The van der Waals surface area contributed by atoms with Gasteiger partial charge in [-0.2, -0.15) is 0 Å². The van der Waals surface area contributed by atoms with Crippen molar-refractivity contribution in [3.63, 3.8) is 0 Å². The lowest BCUT2D eigenvalue weighted by molar-refractivity contribution is -0.130. The summed E-state index contributed by atoms with van der Waals surface area (Å²) in [6, 6.07) is 8.55. The number of thioether (sulfide) groups is 1. The first-order valence-corrected chi connectivity index (χ1v) is 11.6. The third kappa shape index (κ3) is 4.61. The molecular formula is C19H20ClFN6OS2. The Balaban J connectivity index is 1.28. The number of amides is 1. The van der Waals surface area contributed by atoms with Crippen molar-refractivity contribution >= 4 is 40.6 Å². The molecule has 3 heterocycles. The van der Waals surface area contributed by atoms with Crippen LogP contribution in [0.2, 0.25) is 5.02 Å². The standard InChI is InChI=1S/C19H20ClFN6OS2/c20-14-3-1-4-15(21)13(14)11-25-6-8-26(9-7-25)17(28)12-30-19-24-23-18(27(19)22)16-5-2-10-29-16/h1-5,10H,6-9,11-12,22H2. The predicted octanol–water partition coefficient (Wildman–Crippen LogP) is 2.95. The molecular weight excluding hydrogens is 447 g/mol. The van der Waals surface area contributed by atoms with Crippen LogP contribution >= 0.6 is 34.7 Å². The molecule has 0 bridgehead atoms. The van der Waals surface area contributed by atoms with E-state index >= 15 is 0 Å². The number of thiophene rings is 1. The van der Waals surface area contributed by atoms with Gasteiger partial charge in [-0.1, -0.05) is 35.5 Å². The van der Waals surface area contributed by atoms with Crippen LogP contribution in [0.1, 0.15) is 5.56 Å². The molecule has 2 aromatic heterocycles. The molecule has 0 radical (unpaired) electrons. The lowest BCUT2D eigenvalue weighted by Crippen LogP contribution is -2.48. The molecule has 1 amide bonds. The highest BCUT2D eigenvalue weighted by Crippen LogP contribution is 2.25. The second-order valence-corrected chi connectivity index (χ2v) is 9.10. The Hall–Kier alpha value is -2.14. The Kier molecular flexibility index (Phi) is 6.57. The third-order valence-corrected chi connectivity index (χ3v) is 7.05. The van der Waals surface area contributed by atoms with Crippen molar-refractivity contribution in [3.05, 3.63) is 52.1 Å². The second-order valence-electron chi connectivity index (χ2n) is 6.80. The van der Waals surface area contributed by atoms with Crippen LogP contribution < -0.4 is 5.84 Å². The van der Waals surface area contributed by atoms with Crippen molar-refractivity contribution < 1.29 is 9.18 Å². The number of rotatable bonds is 6. The van der Waals surface area contributed by atoms with E-state index in [0.717, 1.165) is 4.88 Å². The van der Waals surface area contributed by atoms with E-state index in [0.29, 0.717) is 54.3 Å². The smallest absolute Gasteiger partial charge is 0.233 e. The topological polar surface area (TPSA) is 80.3 Å². The minimum absolute atomic E-state index is 0.0178. The Morgan fingerprint density at radius 1 is 1.20 bits per heavy atom. The van der Waals surface area contributed by atoms with E-state index < -0.39 is 0 Å². The van der Waals surface area contributed by atoms with Crippen molar-refractivity contribution in [3.8, 4) is 10.7 Å². The average molecular weight is 467 g/mol. The van der Waals surface area contributed by atoms with Gasteiger partial charge in [-0.05, 0) is 23.6 Å². The van der Waals surface area contributed by atoms with Crippen molar-refractivity contribution in [2.45, 2.75) is 11.7 Å². The van der Waals surface area contributed by atoms with Crippen LogP contribution in [0, 0.1) is 5.82 Å². The number of hydrogen-bond donors (Lipinski definition) is 1. The van der Waals surface area contributed by atoms with Gasteiger partial charge >= 0.3 is 0 Å². The summed E-state index contributed by atoms with van der Waals surface area (Å²) in [5.41, 5.74) is 0.498. The largest absolute Gasteiger partial charge is 0.339 e. The summed E-state index contributed by atoms with van der Waals surface area (Å²) in [6.45, 7) is 2.93. The molecule has 0 aliphatic carbocycles. The van der Waals surface area contributed by atoms with Crippen LogP contribution in [0.3, 0.4) is 0 Å². The van der Waals surface area contributed by atoms with Gasteiger partial charge in [0.25, 0.3) is 0 Å². The molecule has 7 nitrogen and oxygen atoms in total. The first kappa shape index (κ1) is 21.1. The number of carbonyl (C=O) groups excluding carboxylic acids is 1. The maximum atomic E-state index is 14.0. The van der Waals surface area contributed by atoms with Crippen LogP contribution in [0.15, 0.2) is 40.9 Å². The van der Waals surface area contributed by atoms with Crippen LogP contribution in [0.25, 0.3) is 10.7 Å². The highest BCUT2D eigenvalue weighted by atomic mass is 35.5. The van der Waals surface area contributed by atoms with E-state index in [-0.39, 0.29) is 17.5 Å². The van der Waals surface area contributed by atoms with Crippen molar-refractivity contribution in [2.75, 3.05) is 37.8 Å². The van der Waals surface area contributed by atoms with Gasteiger partial charge < -0.3 is 10.7 Å². The van der Waals surface area contributed by atoms with E-state index in [4.69, 9.17) is 17.4 Å². The molecule has 4 rings (SSSR count). The van der Waals surface area contributed by atoms with Gasteiger partial charge in [-0.15, -0.1) is 21.5 Å². The first-order valence-electron chi connectivity index (χ1n) is 9.33. The molecule has 30 heavy (non-hydrogen) atoms. The Morgan fingerprint density at radius 3 is 2.70 bits per heavy atom. The molecule has 1 aliphatic heterocycles. The highest BCUT2D eigenvalue weighted by molar-refractivity contribution is 7.99. The van der Waals surface area contributed by atoms with Crippen molar-refractivity contribution in [2.24, 2.45) is 0 Å². The molecule has 1 saturated heterocycles. The summed E-state index contributed by atoms with van der Waals surface area (Å²) < 4.78 is 15.4. The summed E-state index contributed by atoms with van der Waals surface area (Å²) >= 11 is 8.92. The van der Waals surface area contributed by atoms with Gasteiger partial charge in [0.2, 0.25) is 11.1 Å². The zero-order chi connectivity index (χ0) is 21.1. The van der Waals surface area contributed by atoms with Crippen LogP contribution in [-0.2, 0) is 11.3 Å². The molecule has 158 valence electrons. The average Bonchev–Trinajstić information content (AvgIpc) is 3.39. The van der Waals surface area contributed by atoms with E-state index in [2.05, 4.69) is 15.1 Å². The number of halogens is 2. The molecule has 1 aromatic carbocycles. The zero-order valence-corrected chi connectivity index (χ0v) is 18.4. The fraction of sp³-hybridized carbons (Fsp3) is 0.316. The summed E-state index contributed by atoms with van der Waals surface area (Å²) in [5, 5.41) is 11.1. The molecule has 0 atom stereocenters. The SMILES string of the molecule is Nn1c(SCC(=O)N2CCN(Cc3c(F)cccc3Cl)CC2)nnc1-c1cccs1. The summed E-state index contributed by atoms with van der Waals surface area (Å²) in [4.78, 5) is 17.4. The fourth-order valence-corrected chi connectivity index (χ4v) is 4.92. The van der Waals surface area contributed by atoms with Gasteiger partial charge in [0.1, 0.15) is 5.82 Å². The van der Waals surface area contributed by atoms with Gasteiger partial charge in [-0.3, -0.25) is 9.69 Å². The molecule has 0 saturated carbocycles. The van der Waals surface area contributed by atoms with Gasteiger partial charge in [-0.25, -0.2) is 9.07 Å². The minimum atomic E-state index is -0.301. The Morgan fingerprint density at radius 2 is 2.00 bits per heavy atom. The lowest BCUT2D eigenvalue weighted by atomic mass is 10.2. The van der Waals surface area contributed by atoms with Crippen LogP contribution in [-0.4, -0.2) is 62.5 Å². The second kappa shape index (κ2) is 9.34. The van der Waals surface area contributed by atoms with Crippen LogP contribution in [0.5, 0.6) is 0 Å². The first-order chi connectivity index (χ1) is 14.5. The summed E-state index contributed by atoms with van der Waals surface area (Å²) in [6.07, 6.45) is 0. The number of aromatic nitrogens is 3. The third-order valence-electron chi connectivity index (χ3n) is 4.90. The molecule has 1 fully saturated rings. The Labute approximate surface area is 186 Å². The maximum absolute atomic E-state index is 14.0. The zero-order valence-electron chi connectivity index (χ0n) is 16.0. The lowest BCUT2D eigenvalue weighted by Gasteiger charge is -2.34. The predicted molar refractivity (Wildman–Crippen MR) is 117 cm³/mol. The molecule has 1 aliphatic rings. The number of carbonyl (C=O) groups is 1. The number of nitrogens with two attached hydrogens (primary N) is 1. The van der Waals surface area contributed by atoms with Crippen molar-refractivity contribution in [1.29, 1.82) is 0 Å². The number of benzene rings is 1. The fourth-order valence-electron chi connectivity index (χ4n) is 3.23. The minimum Gasteiger partial charge on any atom is -0.339 e.